The predicted molar refractivity (Wildman–Crippen MR) is 95.7 cm³/mol. The number of rotatable bonds is 8. The SMILES string of the molecule is COC(C(=O)CCC(C=O)(c1ccccc1)C(F)(F)F)(c1ccccc1)C(F)(F)F. The fourth-order valence-electron chi connectivity index (χ4n) is 3.37. The molecule has 0 heterocycles. The van der Waals surface area contributed by atoms with Crippen LogP contribution < -0.4 is 0 Å². The van der Waals surface area contributed by atoms with Crippen LogP contribution in [-0.2, 0) is 25.3 Å². The van der Waals surface area contributed by atoms with E-state index in [1.807, 2.05) is 0 Å². The van der Waals surface area contributed by atoms with Crippen LogP contribution in [0.3, 0.4) is 0 Å². The smallest absolute Gasteiger partial charge is 0.358 e. The van der Waals surface area contributed by atoms with E-state index >= 15 is 0 Å². The number of aldehydes is 1. The Kier molecular flexibility index (Phi) is 6.76. The number of ether oxygens (including phenoxy) is 1. The van der Waals surface area contributed by atoms with Gasteiger partial charge in [-0.1, -0.05) is 60.7 Å². The van der Waals surface area contributed by atoms with E-state index in [-0.39, 0.29) is 6.29 Å². The Morgan fingerprint density at radius 3 is 1.67 bits per heavy atom. The summed E-state index contributed by atoms with van der Waals surface area (Å²) in [5.74, 6) is -1.63. The number of hydrogen-bond acceptors (Lipinski definition) is 3. The van der Waals surface area contributed by atoms with Crippen molar-refractivity contribution in [3.05, 3.63) is 71.8 Å². The van der Waals surface area contributed by atoms with Crippen LogP contribution in [0, 0.1) is 0 Å². The zero-order valence-corrected chi connectivity index (χ0v) is 15.8. The highest BCUT2D eigenvalue weighted by molar-refractivity contribution is 5.90. The summed E-state index contributed by atoms with van der Waals surface area (Å²) < 4.78 is 87.9. The summed E-state index contributed by atoms with van der Waals surface area (Å²) in [5, 5.41) is 0. The second kappa shape index (κ2) is 8.59. The zero-order chi connectivity index (χ0) is 22.6. The van der Waals surface area contributed by atoms with Gasteiger partial charge in [0.05, 0.1) is 0 Å². The molecule has 2 unspecified atom stereocenters. The monoisotopic (exact) mass is 432 g/mol. The van der Waals surface area contributed by atoms with Gasteiger partial charge >= 0.3 is 12.4 Å². The van der Waals surface area contributed by atoms with Crippen molar-refractivity contribution in [3.63, 3.8) is 0 Å². The summed E-state index contributed by atoms with van der Waals surface area (Å²) >= 11 is 0. The lowest BCUT2D eigenvalue weighted by molar-refractivity contribution is -0.265. The van der Waals surface area contributed by atoms with E-state index in [9.17, 15) is 35.9 Å². The van der Waals surface area contributed by atoms with E-state index in [0.717, 1.165) is 24.3 Å². The molecule has 0 amide bonds. The molecule has 9 heteroatoms. The molecule has 2 rings (SSSR count). The number of ketones is 1. The average molecular weight is 432 g/mol. The second-order valence-electron chi connectivity index (χ2n) is 6.63. The van der Waals surface area contributed by atoms with Gasteiger partial charge in [-0.15, -0.1) is 0 Å². The first-order chi connectivity index (χ1) is 14.0. The van der Waals surface area contributed by atoms with E-state index in [1.165, 1.54) is 36.4 Å². The number of carbonyl (C=O) groups is 2. The molecule has 0 saturated heterocycles. The van der Waals surface area contributed by atoms with Gasteiger partial charge in [-0.25, -0.2) is 0 Å². The number of carbonyl (C=O) groups excluding carboxylic acids is 2. The molecule has 0 aliphatic rings. The van der Waals surface area contributed by atoms with Gasteiger partial charge < -0.3 is 9.53 Å². The van der Waals surface area contributed by atoms with E-state index in [0.29, 0.717) is 7.11 Å². The van der Waals surface area contributed by atoms with Crippen LogP contribution in [0.2, 0.25) is 0 Å². The first kappa shape index (κ1) is 23.6. The lowest BCUT2D eigenvalue weighted by Crippen LogP contribution is -2.52. The molecule has 0 saturated carbocycles. The molecular formula is C21H18F6O3. The van der Waals surface area contributed by atoms with Crippen molar-refractivity contribution in [3.8, 4) is 0 Å². The summed E-state index contributed by atoms with van der Waals surface area (Å²) in [6, 6.07) is 12.0. The standard InChI is InChI=1S/C21H18F6O3/c1-30-19(21(25,26)27,16-10-6-3-7-11-16)17(29)12-13-18(14-28,20(22,23)24)15-8-4-2-5-9-15/h2-11,14H,12-13H2,1H3. The van der Waals surface area contributed by atoms with E-state index < -0.39 is 53.1 Å². The van der Waals surface area contributed by atoms with Crippen LogP contribution in [0.4, 0.5) is 26.3 Å². The maximum absolute atomic E-state index is 13.9. The fraction of sp³-hybridized carbons (Fsp3) is 0.333. The molecule has 162 valence electrons. The molecular weight excluding hydrogens is 414 g/mol. The maximum Gasteiger partial charge on any atom is 0.428 e. The first-order valence-electron chi connectivity index (χ1n) is 8.75. The van der Waals surface area contributed by atoms with Gasteiger partial charge in [-0.2, -0.15) is 26.3 Å². The summed E-state index contributed by atoms with van der Waals surface area (Å²) in [6.45, 7) is 0. The fourth-order valence-corrected chi connectivity index (χ4v) is 3.37. The zero-order valence-electron chi connectivity index (χ0n) is 15.8. The molecule has 3 nitrogen and oxygen atoms in total. The Bertz CT molecular complexity index is 864. The van der Waals surface area contributed by atoms with Crippen LogP contribution >= 0.6 is 0 Å². The quantitative estimate of drug-likeness (QED) is 0.429. The molecule has 30 heavy (non-hydrogen) atoms. The minimum absolute atomic E-state index is 0.375. The Hall–Kier alpha value is -2.68. The normalized spacial score (nSPS) is 16.4. The summed E-state index contributed by atoms with van der Waals surface area (Å²) in [7, 11) is 0.659. The highest BCUT2D eigenvalue weighted by Gasteiger charge is 2.63. The van der Waals surface area contributed by atoms with Gasteiger partial charge in [0.1, 0.15) is 11.7 Å². The summed E-state index contributed by atoms with van der Waals surface area (Å²) in [6.07, 6.45) is -13.1. The molecule has 0 spiro atoms. The average Bonchev–Trinajstić information content (AvgIpc) is 2.69. The maximum atomic E-state index is 13.9. The molecule has 0 aromatic heterocycles. The van der Waals surface area contributed by atoms with Crippen molar-refractivity contribution in [2.24, 2.45) is 0 Å². The van der Waals surface area contributed by atoms with Crippen molar-refractivity contribution < 1.29 is 40.7 Å². The van der Waals surface area contributed by atoms with Crippen LogP contribution in [0.1, 0.15) is 24.0 Å². The van der Waals surface area contributed by atoms with Crippen molar-refractivity contribution in [1.82, 2.24) is 0 Å². The molecule has 0 fully saturated rings. The molecule has 0 radical (unpaired) electrons. The highest BCUT2D eigenvalue weighted by atomic mass is 19.4. The third-order valence-corrected chi connectivity index (χ3v) is 5.02. The molecule has 2 aromatic carbocycles. The first-order valence-corrected chi connectivity index (χ1v) is 8.75. The van der Waals surface area contributed by atoms with Crippen LogP contribution in [0.15, 0.2) is 60.7 Å². The van der Waals surface area contributed by atoms with Gasteiger partial charge in [-0.05, 0) is 12.0 Å². The molecule has 0 N–H and O–H groups in total. The van der Waals surface area contributed by atoms with Crippen LogP contribution in [0.25, 0.3) is 0 Å². The number of benzene rings is 2. The molecule has 2 aromatic rings. The van der Waals surface area contributed by atoms with Gasteiger partial charge in [-0.3, -0.25) is 4.79 Å². The Labute approximate surface area is 168 Å². The Balaban J connectivity index is 2.50. The van der Waals surface area contributed by atoms with E-state index in [1.54, 1.807) is 0 Å². The topological polar surface area (TPSA) is 43.4 Å². The number of methoxy groups -OCH3 is 1. The third-order valence-electron chi connectivity index (χ3n) is 5.02. The van der Waals surface area contributed by atoms with E-state index in [4.69, 9.17) is 0 Å². The minimum Gasteiger partial charge on any atom is -0.358 e. The number of alkyl halides is 6. The molecule has 0 aliphatic carbocycles. The summed E-state index contributed by atoms with van der Waals surface area (Å²) in [5.41, 5.74) is -7.61. The highest BCUT2D eigenvalue weighted by Crippen LogP contribution is 2.47. The van der Waals surface area contributed by atoms with Gasteiger partial charge in [0.25, 0.3) is 0 Å². The van der Waals surface area contributed by atoms with Crippen LogP contribution in [0.5, 0.6) is 0 Å². The lowest BCUT2D eigenvalue weighted by Gasteiger charge is -2.35. The van der Waals surface area contributed by atoms with Crippen LogP contribution in [-0.4, -0.2) is 31.5 Å². The largest absolute Gasteiger partial charge is 0.428 e. The van der Waals surface area contributed by atoms with Crippen molar-refractivity contribution in [2.75, 3.05) is 7.11 Å². The number of halogens is 6. The van der Waals surface area contributed by atoms with Crippen molar-refractivity contribution in [2.45, 2.75) is 36.2 Å². The van der Waals surface area contributed by atoms with E-state index in [2.05, 4.69) is 4.74 Å². The van der Waals surface area contributed by atoms with Gasteiger partial charge in [0.2, 0.25) is 5.60 Å². The summed E-state index contributed by atoms with van der Waals surface area (Å²) in [4.78, 5) is 24.3. The van der Waals surface area contributed by atoms with Gasteiger partial charge in [0, 0.05) is 19.1 Å². The van der Waals surface area contributed by atoms with Gasteiger partial charge in [0.15, 0.2) is 5.78 Å². The molecule has 2 atom stereocenters. The van der Waals surface area contributed by atoms with Crippen molar-refractivity contribution >= 4 is 12.1 Å². The predicted octanol–water partition coefficient (Wildman–Crippen LogP) is 5.14. The minimum atomic E-state index is -5.24. The third kappa shape index (κ3) is 3.98. The number of hydrogen-bond donors (Lipinski definition) is 0. The Morgan fingerprint density at radius 1 is 0.833 bits per heavy atom. The molecule has 0 bridgehead atoms. The second-order valence-corrected chi connectivity index (χ2v) is 6.63. The molecule has 0 aliphatic heterocycles. The lowest BCUT2D eigenvalue weighted by atomic mass is 9.75. The van der Waals surface area contributed by atoms with Crippen molar-refractivity contribution in [1.29, 1.82) is 0 Å². The Morgan fingerprint density at radius 2 is 1.30 bits per heavy atom. The number of Topliss-reactive ketones (excluding diaryl/α,β-unsaturated/α-hetero) is 1.